The summed E-state index contributed by atoms with van der Waals surface area (Å²) in [6.45, 7) is 0. The van der Waals surface area contributed by atoms with Crippen molar-refractivity contribution in [1.29, 1.82) is 0 Å². The molecule has 12 aromatic heterocycles. The Morgan fingerprint density at radius 3 is 0.902 bits per heavy atom. The zero-order chi connectivity index (χ0) is 87.4. The smallest absolute Gasteiger partial charge is 0.199 e. The van der Waals surface area contributed by atoms with Gasteiger partial charge in [-0.2, -0.15) is 0 Å². The van der Waals surface area contributed by atoms with E-state index in [2.05, 4.69) is 319 Å². The molecule has 0 spiro atoms. The Labute approximate surface area is 756 Å². The minimum Gasteiger partial charge on any atom is -0.236 e. The van der Waals surface area contributed by atoms with Crippen molar-refractivity contribution in [3.63, 3.8) is 0 Å². The minimum absolute atomic E-state index is 0.0344. The summed E-state index contributed by atoms with van der Waals surface area (Å²) in [5, 5.41) is 10.1. The van der Waals surface area contributed by atoms with E-state index >= 15 is 0 Å². The van der Waals surface area contributed by atoms with Crippen LogP contribution in [0.25, 0.3) is 178 Å². The van der Waals surface area contributed by atoms with Gasteiger partial charge in [-0.05, 0) is 224 Å². The number of aromatic nitrogens is 18. The Hall–Kier alpha value is -13.5. The maximum Gasteiger partial charge on any atom is 0.199 e. The molecule has 0 aliphatic carbocycles. The molecule has 0 amide bonds. The second kappa shape index (κ2) is 38.3. The Balaban J connectivity index is 0.000000108. The molecule has 22 rings (SSSR count). The van der Waals surface area contributed by atoms with Crippen LogP contribution in [0, 0.1) is 0 Å². The summed E-state index contributed by atoms with van der Waals surface area (Å²) in [7, 11) is 0. The van der Waals surface area contributed by atoms with Crippen molar-refractivity contribution in [2.24, 2.45) is 0 Å². The highest BCUT2D eigenvalue weighted by molar-refractivity contribution is 9.11. The van der Waals surface area contributed by atoms with E-state index in [1.165, 1.54) is 38.2 Å². The molecule has 0 aliphatic heterocycles. The molecule has 0 radical (unpaired) electrons. The van der Waals surface area contributed by atoms with Crippen LogP contribution < -0.4 is 0 Å². The van der Waals surface area contributed by atoms with Gasteiger partial charge in [-0.15, -0.1) is 0 Å². The van der Waals surface area contributed by atoms with E-state index < -0.39 is 18.1 Å². The van der Waals surface area contributed by atoms with Gasteiger partial charge in [-0.3, -0.25) is 0 Å². The van der Waals surface area contributed by atoms with Gasteiger partial charge < -0.3 is 0 Å². The average Bonchev–Trinajstić information content (AvgIpc) is 0.770. The van der Waals surface area contributed by atoms with E-state index in [9.17, 15) is 0 Å². The summed E-state index contributed by atoms with van der Waals surface area (Å²) in [6, 6.07) is 97.7. The average molecular weight is 1970 g/mol. The molecule has 0 atom stereocenters. The number of hydrogen-bond acceptors (Lipinski definition) is 18. The molecule has 10 aromatic carbocycles. The number of nitrogens with zero attached hydrogens (tertiary/aromatic N) is 18. The first-order valence-corrected chi connectivity index (χ1v) is 42.4. The number of rotatable bonds is 8. The lowest BCUT2D eigenvalue weighted by Crippen LogP contribution is -1.93. The highest BCUT2D eigenvalue weighted by atomic mass is 79.9. The number of hydrogen-bond donors (Lipinski definition) is 0. The molecule has 24 heteroatoms. The number of fused-ring (bicyclic) bond motifs is 8. The number of pyridine rings is 6. The molecular formula is C98H60Br6N18. The first kappa shape index (κ1) is 74.8. The fourth-order valence-corrected chi connectivity index (χ4v) is 15.6. The minimum atomic E-state index is -0.436. The second-order valence-electron chi connectivity index (χ2n) is 26.6. The Morgan fingerprint density at radius 1 is 0.180 bits per heavy atom. The lowest BCUT2D eigenvalue weighted by Gasteiger charge is -2.09. The quantitative estimate of drug-likeness (QED) is 0.129. The van der Waals surface area contributed by atoms with Gasteiger partial charge in [0.2, 0.25) is 0 Å². The SMILES string of the molecule is Brc1nc(-c2ccc(-c3ccccc3)cc2)c2cccnc2n1.Brc1nc(-c2ccc3ccccc3c2)c2cccnc2n1.Brc1nc(-c2cccc(-c3ccccc3)c2)c2cccnc2n1.Brc1nc(-c2cccc3ccccc23)c2cccnc2n1.Brc1nc(-c2ccccc2)c2cccnc2n1.[2H]c1c([2H])c([2H])c(-c2nc(Br)nc3ncccc23)c([2H])c1[2H]. The fourth-order valence-electron chi connectivity index (χ4n) is 13.6. The van der Waals surface area contributed by atoms with Gasteiger partial charge in [0.1, 0.15) is 0 Å². The van der Waals surface area contributed by atoms with E-state index in [4.69, 9.17) is 6.85 Å². The van der Waals surface area contributed by atoms with Gasteiger partial charge in [-0.25, -0.2) is 89.7 Å². The molecule has 0 saturated heterocycles. The first-order chi connectivity index (χ1) is 62.0. The molecule has 0 unspecified atom stereocenters. The molecule has 584 valence electrons. The van der Waals surface area contributed by atoms with Gasteiger partial charge in [0.05, 0.1) is 41.0 Å². The van der Waals surface area contributed by atoms with Crippen LogP contribution in [0.2, 0.25) is 0 Å². The van der Waals surface area contributed by atoms with Gasteiger partial charge in [0, 0.05) is 103 Å². The monoisotopic (exact) mass is 1970 g/mol. The molecule has 0 aliphatic rings. The maximum atomic E-state index is 8.05. The van der Waals surface area contributed by atoms with Gasteiger partial charge in [-0.1, -0.05) is 243 Å². The van der Waals surface area contributed by atoms with Crippen LogP contribution in [0.5, 0.6) is 0 Å². The fraction of sp³-hybridized carbons (Fsp3) is 0. The Bertz CT molecular complexity index is 7810. The summed E-state index contributed by atoms with van der Waals surface area (Å²) < 4.78 is 42.3. The van der Waals surface area contributed by atoms with Crippen LogP contribution in [0.4, 0.5) is 0 Å². The highest BCUT2D eigenvalue weighted by Gasteiger charge is 2.17. The number of benzene rings is 10. The van der Waals surface area contributed by atoms with Crippen molar-refractivity contribution >= 4 is 183 Å². The largest absolute Gasteiger partial charge is 0.236 e. The van der Waals surface area contributed by atoms with Crippen molar-refractivity contribution in [1.82, 2.24) is 89.7 Å². The van der Waals surface area contributed by atoms with Crippen molar-refractivity contribution in [3.05, 3.63) is 393 Å². The predicted molar refractivity (Wildman–Crippen MR) is 509 cm³/mol. The van der Waals surface area contributed by atoms with Crippen LogP contribution in [-0.2, 0) is 0 Å². The third-order valence-electron chi connectivity index (χ3n) is 19.0. The Kier molecular flexibility index (Phi) is 23.5. The molecule has 18 nitrogen and oxygen atoms in total. The number of halogens is 6. The van der Waals surface area contributed by atoms with Crippen LogP contribution in [0.3, 0.4) is 0 Å². The van der Waals surface area contributed by atoms with Crippen molar-refractivity contribution in [3.8, 4) is 89.8 Å². The third-order valence-corrected chi connectivity index (χ3v) is 21.2. The zero-order valence-electron chi connectivity index (χ0n) is 68.6. The van der Waals surface area contributed by atoms with Crippen molar-refractivity contribution in [2.75, 3.05) is 0 Å². The van der Waals surface area contributed by atoms with Crippen LogP contribution in [-0.4, -0.2) is 89.7 Å². The lowest BCUT2D eigenvalue weighted by atomic mass is 10.0. The summed E-state index contributed by atoms with van der Waals surface area (Å²) in [4.78, 5) is 78.2. The zero-order valence-corrected chi connectivity index (χ0v) is 73.1. The van der Waals surface area contributed by atoms with E-state index in [1.807, 2.05) is 152 Å². The van der Waals surface area contributed by atoms with E-state index in [1.54, 1.807) is 49.3 Å². The first-order valence-electron chi connectivity index (χ1n) is 40.1. The Morgan fingerprint density at radius 2 is 0.459 bits per heavy atom. The molecule has 0 saturated carbocycles. The molecular weight excluding hydrogens is 1910 g/mol. The normalized spacial score (nSPS) is 11.4. The molecule has 0 bridgehead atoms. The van der Waals surface area contributed by atoms with Gasteiger partial charge in [0.25, 0.3) is 0 Å². The van der Waals surface area contributed by atoms with Gasteiger partial charge >= 0.3 is 0 Å². The molecule has 22 aromatic rings. The van der Waals surface area contributed by atoms with E-state index in [0.29, 0.717) is 62.9 Å². The van der Waals surface area contributed by atoms with E-state index in [-0.39, 0.29) is 28.1 Å². The molecule has 0 N–H and O–H groups in total. The van der Waals surface area contributed by atoms with E-state index in [0.717, 1.165) is 88.8 Å². The summed E-state index contributed by atoms with van der Waals surface area (Å²) in [6.07, 6.45) is 10.3. The summed E-state index contributed by atoms with van der Waals surface area (Å²) >= 11 is 20.0. The van der Waals surface area contributed by atoms with Crippen LogP contribution in [0.1, 0.15) is 6.85 Å². The van der Waals surface area contributed by atoms with Gasteiger partial charge in [0.15, 0.2) is 62.3 Å². The lowest BCUT2D eigenvalue weighted by molar-refractivity contribution is 1.13. The standard InChI is InChI=1S/2C19H12BrN3.2C17H10BrN3.2C13H8BrN3/c20-19-22-17(16-10-5-11-21-18(16)23-19)15-9-4-8-14(12-15)13-6-2-1-3-7-13;20-19-22-17(16-7-4-12-21-18(16)23-19)15-10-8-14(9-11-15)13-5-2-1-3-6-13;18-17-20-15(14-9-4-10-19-16(14)21-17)13-8-3-6-11-5-1-2-7-12(11)13;18-17-20-15(14-6-3-9-19-16(14)21-17)13-8-7-11-4-1-2-5-12(11)10-13;2*14-13-16-11(9-5-2-1-3-6-9)10-7-4-8-15-12(10)17-13/h2*1-12H;2*1-10H;2*1-8H/i;;;;1D,2D,3D,5D,6D;. The van der Waals surface area contributed by atoms with Crippen LogP contribution >= 0.6 is 95.6 Å². The summed E-state index contributed by atoms with van der Waals surface area (Å²) in [5.41, 5.74) is 18.7. The topological polar surface area (TPSA) is 232 Å². The maximum absolute atomic E-state index is 8.05. The van der Waals surface area contributed by atoms with Crippen molar-refractivity contribution in [2.45, 2.75) is 0 Å². The predicted octanol–water partition coefficient (Wildman–Crippen LogP) is 26.4. The molecule has 12 heterocycles. The van der Waals surface area contributed by atoms with Crippen LogP contribution in [0.15, 0.2) is 393 Å². The third kappa shape index (κ3) is 19.1. The van der Waals surface area contributed by atoms with Crippen molar-refractivity contribution < 1.29 is 6.85 Å². The molecule has 122 heavy (non-hydrogen) atoms. The summed E-state index contributed by atoms with van der Waals surface area (Å²) in [5.74, 6) is 0. The highest BCUT2D eigenvalue weighted by Crippen LogP contribution is 2.37. The molecule has 0 fully saturated rings. The second-order valence-corrected chi connectivity index (χ2v) is 30.9.